The molecule has 0 aliphatic heterocycles. The first-order valence-electron chi connectivity index (χ1n) is 6.31. The van der Waals surface area contributed by atoms with Crippen LogP contribution in [0, 0.1) is 0 Å². The summed E-state index contributed by atoms with van der Waals surface area (Å²) >= 11 is 0. The van der Waals surface area contributed by atoms with E-state index in [1.165, 1.54) is 0 Å². The van der Waals surface area contributed by atoms with Gasteiger partial charge in [0.05, 0.1) is 26.2 Å². The number of carbonyl (C=O) groups excluding carboxylic acids is 3. The van der Waals surface area contributed by atoms with Gasteiger partial charge in [-0.25, -0.2) is 4.79 Å². The Labute approximate surface area is 129 Å². The van der Waals surface area contributed by atoms with E-state index in [9.17, 15) is 27.6 Å². The molecule has 1 atom stereocenters. The van der Waals surface area contributed by atoms with Crippen molar-refractivity contribution in [1.82, 2.24) is 5.32 Å². The first-order chi connectivity index (χ1) is 10.7. The summed E-state index contributed by atoms with van der Waals surface area (Å²) in [6, 6.07) is 2.10. The van der Waals surface area contributed by atoms with Gasteiger partial charge in [-0.2, -0.15) is 13.2 Å². The average molecular weight is 333 g/mol. The van der Waals surface area contributed by atoms with Crippen molar-refractivity contribution in [2.75, 3.05) is 14.2 Å². The lowest BCUT2D eigenvalue weighted by molar-refractivity contribution is -0.149. The fraction of sp³-hybridized carbons (Fsp3) is 0.357. The number of ether oxygens (including phenoxy) is 2. The number of amides is 1. The molecule has 126 valence electrons. The number of nitrogens with one attached hydrogen (secondary N) is 1. The number of rotatable bonds is 5. The fourth-order valence-corrected chi connectivity index (χ4v) is 1.64. The number of methoxy groups -OCH3 is 2. The second kappa shape index (κ2) is 7.61. The maximum Gasteiger partial charge on any atom is 0.416 e. The van der Waals surface area contributed by atoms with E-state index in [0.717, 1.165) is 38.5 Å². The summed E-state index contributed by atoms with van der Waals surface area (Å²) in [6.45, 7) is 0. The molecule has 6 nitrogen and oxygen atoms in total. The standard InChI is InChI=1S/C14H14F3NO5/c1-22-11(19)7-10(13(21)23-2)18-12(20)8-3-5-9(6-4-8)14(15,16)17/h3-6,10H,7H2,1-2H3,(H,18,20)/t10-/m1/s1. The lowest BCUT2D eigenvalue weighted by Gasteiger charge is -2.15. The van der Waals surface area contributed by atoms with Gasteiger partial charge in [0.1, 0.15) is 6.04 Å². The van der Waals surface area contributed by atoms with Crippen molar-refractivity contribution in [1.29, 1.82) is 0 Å². The summed E-state index contributed by atoms with van der Waals surface area (Å²) in [5.41, 5.74) is -1.01. The Morgan fingerprint density at radius 2 is 1.65 bits per heavy atom. The number of carbonyl (C=O) groups is 3. The second-order valence-corrected chi connectivity index (χ2v) is 4.40. The molecule has 1 aromatic rings. The van der Waals surface area contributed by atoms with Gasteiger partial charge in [0.2, 0.25) is 0 Å². The number of hydrogen-bond donors (Lipinski definition) is 1. The number of halogens is 3. The zero-order valence-corrected chi connectivity index (χ0v) is 12.3. The van der Waals surface area contributed by atoms with Gasteiger partial charge in [-0.15, -0.1) is 0 Å². The Bertz CT molecular complexity index is 583. The SMILES string of the molecule is COC(=O)C[C@@H](NC(=O)c1ccc(C(F)(F)F)cc1)C(=O)OC. The molecule has 0 aliphatic rings. The molecule has 0 saturated carbocycles. The molecule has 1 aromatic carbocycles. The van der Waals surface area contributed by atoms with Crippen molar-refractivity contribution in [3.63, 3.8) is 0 Å². The van der Waals surface area contributed by atoms with Crippen molar-refractivity contribution < 1.29 is 37.0 Å². The smallest absolute Gasteiger partial charge is 0.416 e. The molecule has 0 radical (unpaired) electrons. The van der Waals surface area contributed by atoms with Crippen LogP contribution in [0.15, 0.2) is 24.3 Å². The summed E-state index contributed by atoms with van der Waals surface area (Å²) in [5, 5.41) is 2.21. The molecule has 0 spiro atoms. The number of benzene rings is 1. The summed E-state index contributed by atoms with van der Waals surface area (Å²) in [5.74, 6) is -2.46. The van der Waals surface area contributed by atoms with Crippen molar-refractivity contribution >= 4 is 17.8 Å². The Balaban J connectivity index is 2.86. The van der Waals surface area contributed by atoms with Gasteiger partial charge in [0.25, 0.3) is 5.91 Å². The van der Waals surface area contributed by atoms with Crippen molar-refractivity contribution in [3.05, 3.63) is 35.4 Å². The zero-order valence-electron chi connectivity index (χ0n) is 12.3. The predicted molar refractivity (Wildman–Crippen MR) is 71.3 cm³/mol. The Kier molecular flexibility index (Phi) is 6.11. The lowest BCUT2D eigenvalue weighted by Crippen LogP contribution is -2.43. The highest BCUT2D eigenvalue weighted by Crippen LogP contribution is 2.29. The zero-order chi connectivity index (χ0) is 17.6. The van der Waals surface area contributed by atoms with Crippen LogP contribution in [0.3, 0.4) is 0 Å². The molecule has 1 amide bonds. The molecular formula is C14H14F3NO5. The monoisotopic (exact) mass is 333 g/mol. The van der Waals surface area contributed by atoms with E-state index in [-0.39, 0.29) is 5.56 Å². The summed E-state index contributed by atoms with van der Waals surface area (Å²) in [6.07, 6.45) is -4.98. The molecule has 0 bridgehead atoms. The fourth-order valence-electron chi connectivity index (χ4n) is 1.64. The van der Waals surface area contributed by atoms with Crippen LogP contribution in [0.4, 0.5) is 13.2 Å². The van der Waals surface area contributed by atoms with E-state index in [0.29, 0.717) is 0 Å². The lowest BCUT2D eigenvalue weighted by atomic mass is 10.1. The van der Waals surface area contributed by atoms with Crippen LogP contribution >= 0.6 is 0 Å². The van der Waals surface area contributed by atoms with Crippen LogP contribution in [0.5, 0.6) is 0 Å². The van der Waals surface area contributed by atoms with E-state index >= 15 is 0 Å². The molecule has 0 saturated heterocycles. The highest BCUT2D eigenvalue weighted by atomic mass is 19.4. The highest BCUT2D eigenvalue weighted by molar-refractivity contribution is 5.97. The summed E-state index contributed by atoms with van der Waals surface area (Å²) in [7, 11) is 2.17. The van der Waals surface area contributed by atoms with Crippen molar-refractivity contribution in [2.24, 2.45) is 0 Å². The van der Waals surface area contributed by atoms with E-state index in [1.54, 1.807) is 0 Å². The van der Waals surface area contributed by atoms with Gasteiger partial charge < -0.3 is 14.8 Å². The predicted octanol–water partition coefficient (Wildman–Crippen LogP) is 1.54. The molecule has 9 heteroatoms. The van der Waals surface area contributed by atoms with Crippen LogP contribution in [0.2, 0.25) is 0 Å². The molecule has 0 heterocycles. The number of alkyl halides is 3. The normalized spacial score (nSPS) is 12.2. The van der Waals surface area contributed by atoms with Crippen LogP contribution in [-0.2, 0) is 25.2 Å². The van der Waals surface area contributed by atoms with Gasteiger partial charge in [0.15, 0.2) is 0 Å². The molecule has 23 heavy (non-hydrogen) atoms. The maximum atomic E-state index is 12.5. The van der Waals surface area contributed by atoms with E-state index in [2.05, 4.69) is 14.8 Å². The van der Waals surface area contributed by atoms with Crippen molar-refractivity contribution in [3.8, 4) is 0 Å². The molecule has 0 fully saturated rings. The Hall–Kier alpha value is -2.58. The largest absolute Gasteiger partial charge is 0.469 e. The van der Waals surface area contributed by atoms with Crippen LogP contribution < -0.4 is 5.32 Å². The molecule has 1 N–H and O–H groups in total. The minimum absolute atomic E-state index is 0.100. The minimum atomic E-state index is -4.52. The molecule has 0 unspecified atom stereocenters. The first kappa shape index (κ1) is 18.5. The van der Waals surface area contributed by atoms with Crippen LogP contribution in [0.1, 0.15) is 22.3 Å². The van der Waals surface area contributed by atoms with Crippen molar-refractivity contribution in [2.45, 2.75) is 18.6 Å². The molecule has 1 rings (SSSR count). The van der Waals surface area contributed by atoms with E-state index < -0.39 is 42.0 Å². The Morgan fingerprint density at radius 1 is 1.09 bits per heavy atom. The summed E-state index contributed by atoms with van der Waals surface area (Å²) < 4.78 is 46.2. The third-order valence-corrected chi connectivity index (χ3v) is 2.86. The molecule has 0 aliphatic carbocycles. The van der Waals surface area contributed by atoms with Gasteiger partial charge in [-0.3, -0.25) is 9.59 Å². The minimum Gasteiger partial charge on any atom is -0.469 e. The van der Waals surface area contributed by atoms with Gasteiger partial charge in [0, 0.05) is 5.56 Å². The third kappa shape index (κ3) is 5.28. The molecular weight excluding hydrogens is 319 g/mol. The second-order valence-electron chi connectivity index (χ2n) is 4.40. The van der Waals surface area contributed by atoms with Gasteiger partial charge in [-0.1, -0.05) is 0 Å². The average Bonchev–Trinajstić information content (AvgIpc) is 2.52. The van der Waals surface area contributed by atoms with Gasteiger partial charge in [-0.05, 0) is 24.3 Å². The van der Waals surface area contributed by atoms with E-state index in [1.807, 2.05) is 0 Å². The quantitative estimate of drug-likeness (QED) is 0.827. The first-order valence-corrected chi connectivity index (χ1v) is 6.31. The highest BCUT2D eigenvalue weighted by Gasteiger charge is 2.30. The van der Waals surface area contributed by atoms with Crippen LogP contribution in [-0.4, -0.2) is 38.1 Å². The summed E-state index contributed by atoms with van der Waals surface area (Å²) in [4.78, 5) is 34.7. The maximum absolute atomic E-state index is 12.5. The van der Waals surface area contributed by atoms with Gasteiger partial charge >= 0.3 is 18.1 Å². The molecule has 0 aromatic heterocycles. The topological polar surface area (TPSA) is 81.7 Å². The Morgan fingerprint density at radius 3 is 2.09 bits per heavy atom. The number of hydrogen-bond acceptors (Lipinski definition) is 5. The number of esters is 2. The van der Waals surface area contributed by atoms with Crippen LogP contribution in [0.25, 0.3) is 0 Å². The van der Waals surface area contributed by atoms with E-state index in [4.69, 9.17) is 0 Å². The third-order valence-electron chi connectivity index (χ3n) is 2.86.